The summed E-state index contributed by atoms with van der Waals surface area (Å²) >= 11 is 0. The lowest BCUT2D eigenvalue weighted by molar-refractivity contribution is -0.130. The lowest BCUT2D eigenvalue weighted by Crippen LogP contribution is -2.49. The largest absolute Gasteiger partial charge is 0.489 e. The van der Waals surface area contributed by atoms with Gasteiger partial charge in [0.05, 0.1) is 5.69 Å². The first-order chi connectivity index (χ1) is 12.2. The minimum Gasteiger partial charge on any atom is -0.489 e. The average molecular weight is 369 g/mol. The van der Waals surface area contributed by atoms with Gasteiger partial charge in [0.2, 0.25) is 0 Å². The van der Waals surface area contributed by atoms with Crippen LogP contribution in [0.4, 0.5) is 18.9 Å². The van der Waals surface area contributed by atoms with Crippen LogP contribution >= 0.6 is 0 Å². The molecule has 1 aliphatic heterocycles. The molecule has 2 aromatic rings. The normalized spacial score (nSPS) is 17.3. The third-order valence-corrected chi connectivity index (χ3v) is 3.73. The summed E-state index contributed by atoms with van der Waals surface area (Å²) in [7, 11) is 1.53. The Bertz CT molecular complexity index is 834. The number of carbonyl (C=O) groups is 2. The molecule has 1 N–H and O–H groups in total. The second kappa shape index (κ2) is 6.70. The number of fused-ring (bicyclic) bond motifs is 1. The van der Waals surface area contributed by atoms with Crippen molar-refractivity contribution in [2.24, 2.45) is 0 Å². The number of ether oxygens (including phenoxy) is 1. The molecule has 0 bridgehead atoms. The van der Waals surface area contributed by atoms with Crippen molar-refractivity contribution >= 4 is 17.5 Å². The predicted molar refractivity (Wildman–Crippen MR) is 82.9 cm³/mol. The first kappa shape index (κ1) is 17.8. The van der Waals surface area contributed by atoms with Crippen molar-refractivity contribution < 1.29 is 32.0 Å². The number of halogens is 3. The maximum Gasteiger partial charge on any atom is 0.396 e. The monoisotopic (exact) mass is 369 g/mol. The van der Waals surface area contributed by atoms with Crippen molar-refractivity contribution in [3.63, 3.8) is 0 Å². The molecule has 0 fully saturated rings. The highest BCUT2D eigenvalue weighted by atomic mass is 19.4. The number of hydrogen-bond acceptors (Lipinski definition) is 5. The molecule has 0 saturated carbocycles. The number of anilines is 1. The molecule has 0 radical (unpaired) electrons. The standard InChI is InChI=1S/C16H14F3N3O4/c1-22-12-4-2-3-5-13(12)25-8-11(15(22)24)20-14(23)10-6-9(26-21-10)7-16(17,18)19/h2-6,11H,7-8H2,1H3,(H,20,23). The lowest BCUT2D eigenvalue weighted by atomic mass is 10.2. The second-order valence-electron chi connectivity index (χ2n) is 5.67. The first-order valence-corrected chi connectivity index (χ1v) is 7.57. The van der Waals surface area contributed by atoms with Gasteiger partial charge in [0.25, 0.3) is 11.8 Å². The van der Waals surface area contributed by atoms with Crippen molar-refractivity contribution in [3.05, 3.63) is 41.8 Å². The molecule has 10 heteroatoms. The van der Waals surface area contributed by atoms with E-state index >= 15 is 0 Å². The SMILES string of the molecule is CN1C(=O)C(NC(=O)c2cc(CC(F)(F)F)on2)COc2ccccc21. The van der Waals surface area contributed by atoms with Crippen LogP contribution < -0.4 is 15.0 Å². The smallest absolute Gasteiger partial charge is 0.396 e. The van der Waals surface area contributed by atoms with Gasteiger partial charge in [0, 0.05) is 13.1 Å². The van der Waals surface area contributed by atoms with E-state index in [0.717, 1.165) is 6.07 Å². The van der Waals surface area contributed by atoms with Crippen molar-refractivity contribution in [2.75, 3.05) is 18.6 Å². The summed E-state index contributed by atoms with van der Waals surface area (Å²) in [5.74, 6) is -1.27. The minimum atomic E-state index is -4.48. The van der Waals surface area contributed by atoms with Crippen molar-refractivity contribution in [1.82, 2.24) is 10.5 Å². The molecule has 1 aromatic heterocycles. The molecule has 1 atom stereocenters. The number of para-hydroxylation sites is 2. The molecular weight excluding hydrogens is 355 g/mol. The summed E-state index contributed by atoms with van der Waals surface area (Å²) in [5, 5.41) is 5.73. The molecule has 7 nitrogen and oxygen atoms in total. The highest BCUT2D eigenvalue weighted by molar-refractivity contribution is 6.02. The lowest BCUT2D eigenvalue weighted by Gasteiger charge is -2.19. The summed E-state index contributed by atoms with van der Waals surface area (Å²) in [6.07, 6.45) is -5.82. The Balaban J connectivity index is 1.71. The van der Waals surface area contributed by atoms with Gasteiger partial charge in [-0.15, -0.1) is 0 Å². The number of amides is 2. The highest BCUT2D eigenvalue weighted by Crippen LogP contribution is 2.30. The third kappa shape index (κ3) is 3.79. The van der Waals surface area contributed by atoms with Crippen LogP contribution in [0.25, 0.3) is 0 Å². The van der Waals surface area contributed by atoms with Crippen LogP contribution in [0.15, 0.2) is 34.9 Å². The fourth-order valence-corrected chi connectivity index (χ4v) is 2.49. The highest BCUT2D eigenvalue weighted by Gasteiger charge is 2.33. The van der Waals surface area contributed by atoms with Gasteiger partial charge in [0.1, 0.15) is 30.6 Å². The molecule has 0 aliphatic carbocycles. The predicted octanol–water partition coefficient (Wildman–Crippen LogP) is 1.93. The molecule has 1 unspecified atom stereocenters. The quantitative estimate of drug-likeness (QED) is 0.894. The van der Waals surface area contributed by atoms with E-state index in [-0.39, 0.29) is 12.3 Å². The van der Waals surface area contributed by atoms with Gasteiger partial charge in [-0.1, -0.05) is 17.3 Å². The van der Waals surface area contributed by atoms with E-state index in [4.69, 9.17) is 4.74 Å². The third-order valence-electron chi connectivity index (χ3n) is 3.73. The van der Waals surface area contributed by atoms with Crippen molar-refractivity contribution in [3.8, 4) is 5.75 Å². The molecular formula is C16H14F3N3O4. The van der Waals surface area contributed by atoms with Crippen molar-refractivity contribution in [1.29, 1.82) is 0 Å². The van der Waals surface area contributed by atoms with E-state index in [0.29, 0.717) is 11.4 Å². The second-order valence-corrected chi connectivity index (χ2v) is 5.67. The Morgan fingerprint density at radius 3 is 2.85 bits per heavy atom. The van der Waals surface area contributed by atoms with Gasteiger partial charge in [-0.3, -0.25) is 9.59 Å². The Morgan fingerprint density at radius 2 is 2.12 bits per heavy atom. The molecule has 1 aromatic carbocycles. The maximum atomic E-state index is 12.5. The van der Waals surface area contributed by atoms with Crippen LogP contribution in [0.2, 0.25) is 0 Å². The van der Waals surface area contributed by atoms with E-state index in [1.54, 1.807) is 24.3 Å². The van der Waals surface area contributed by atoms with E-state index in [9.17, 15) is 22.8 Å². The summed E-state index contributed by atoms with van der Waals surface area (Å²) < 4.78 is 47.1. The average Bonchev–Trinajstić information content (AvgIpc) is 2.99. The van der Waals surface area contributed by atoms with E-state index in [1.807, 2.05) is 0 Å². The number of alkyl halides is 3. The van der Waals surface area contributed by atoms with Gasteiger partial charge in [-0.2, -0.15) is 13.2 Å². The fraction of sp³-hybridized carbons (Fsp3) is 0.312. The van der Waals surface area contributed by atoms with Crippen molar-refractivity contribution in [2.45, 2.75) is 18.6 Å². The van der Waals surface area contributed by atoms with Gasteiger partial charge >= 0.3 is 6.18 Å². The number of rotatable bonds is 3. The van der Waals surface area contributed by atoms with Gasteiger partial charge < -0.3 is 19.5 Å². The topological polar surface area (TPSA) is 84.7 Å². The first-order valence-electron chi connectivity index (χ1n) is 7.57. The molecule has 26 heavy (non-hydrogen) atoms. The number of carbonyl (C=O) groups excluding carboxylic acids is 2. The molecule has 1 aliphatic rings. The molecule has 3 rings (SSSR count). The Kier molecular flexibility index (Phi) is 4.58. The van der Waals surface area contributed by atoms with E-state index in [2.05, 4.69) is 15.0 Å². The molecule has 2 heterocycles. The number of hydrogen-bond donors (Lipinski definition) is 1. The van der Waals surface area contributed by atoms with Crippen LogP contribution in [0, 0.1) is 0 Å². The summed E-state index contributed by atoms with van der Waals surface area (Å²) in [6.45, 7) is -0.126. The number of benzene rings is 1. The zero-order valence-corrected chi connectivity index (χ0v) is 13.5. The Morgan fingerprint density at radius 1 is 1.38 bits per heavy atom. The Hall–Kier alpha value is -3.04. The van der Waals surface area contributed by atoms with E-state index < -0.39 is 36.2 Å². The van der Waals surface area contributed by atoms with Crippen LogP contribution in [0.3, 0.4) is 0 Å². The van der Waals surface area contributed by atoms with Gasteiger partial charge in [0.15, 0.2) is 5.69 Å². The fourth-order valence-electron chi connectivity index (χ4n) is 2.49. The number of aromatic nitrogens is 1. The summed E-state index contributed by atoms with van der Waals surface area (Å²) in [4.78, 5) is 26.0. The minimum absolute atomic E-state index is 0.126. The van der Waals surface area contributed by atoms with Crippen LogP contribution in [0.5, 0.6) is 5.75 Å². The summed E-state index contributed by atoms with van der Waals surface area (Å²) in [5.41, 5.74) is 0.199. The number of nitrogens with one attached hydrogen (secondary N) is 1. The van der Waals surface area contributed by atoms with Crippen LogP contribution in [-0.2, 0) is 11.2 Å². The zero-order valence-electron chi connectivity index (χ0n) is 13.5. The summed E-state index contributed by atoms with van der Waals surface area (Å²) in [6, 6.07) is 6.73. The van der Waals surface area contributed by atoms with Crippen LogP contribution in [0.1, 0.15) is 16.2 Å². The number of nitrogens with zero attached hydrogens (tertiary/aromatic N) is 2. The van der Waals surface area contributed by atoms with E-state index in [1.165, 1.54) is 11.9 Å². The zero-order chi connectivity index (χ0) is 18.9. The van der Waals surface area contributed by atoms with Gasteiger partial charge in [-0.05, 0) is 12.1 Å². The van der Waals surface area contributed by atoms with Gasteiger partial charge in [-0.25, -0.2) is 0 Å². The Labute approximate surface area is 145 Å². The molecule has 0 saturated heterocycles. The molecule has 0 spiro atoms. The number of likely N-dealkylation sites (N-methyl/N-ethyl adjacent to an activating group) is 1. The molecule has 2 amide bonds. The maximum absolute atomic E-state index is 12.5. The van der Waals surface area contributed by atoms with Crippen LogP contribution in [-0.4, -0.2) is 42.8 Å². The molecule has 138 valence electrons.